The molecular formula is C17H20F2N4O. The standard InChI is InChI=1S/C17H20F2N4O/c1-12(9-14-11-20-6-7-21-14)23(2)8-5-17(24)22-16-4-3-13(18)10-15(16)19/h3-4,6-7,10-12H,5,8-9H2,1-2H3,(H,22,24)/t12-/m1/s1. The molecule has 5 nitrogen and oxygen atoms in total. The number of aromatic nitrogens is 2. The minimum absolute atomic E-state index is 0.0170. The van der Waals surface area contributed by atoms with Gasteiger partial charge in [-0.05, 0) is 26.1 Å². The van der Waals surface area contributed by atoms with Crippen LogP contribution in [0, 0.1) is 11.6 Å². The average molecular weight is 334 g/mol. The highest BCUT2D eigenvalue weighted by atomic mass is 19.1. The van der Waals surface area contributed by atoms with E-state index < -0.39 is 11.6 Å². The summed E-state index contributed by atoms with van der Waals surface area (Å²) in [7, 11) is 1.91. The molecule has 1 aromatic carbocycles. The number of likely N-dealkylation sites (N-methyl/N-ethyl adjacent to an activating group) is 1. The zero-order valence-corrected chi connectivity index (χ0v) is 13.7. The molecule has 1 atom stereocenters. The quantitative estimate of drug-likeness (QED) is 0.846. The van der Waals surface area contributed by atoms with E-state index in [4.69, 9.17) is 0 Å². The van der Waals surface area contributed by atoms with Crippen LogP contribution in [0.5, 0.6) is 0 Å². The van der Waals surface area contributed by atoms with Gasteiger partial charge >= 0.3 is 0 Å². The Balaban J connectivity index is 1.80. The molecule has 24 heavy (non-hydrogen) atoms. The molecule has 0 aliphatic heterocycles. The molecule has 0 aliphatic rings. The topological polar surface area (TPSA) is 58.1 Å². The second-order valence-corrected chi connectivity index (χ2v) is 5.65. The molecule has 0 unspecified atom stereocenters. The molecule has 2 aromatic rings. The molecule has 0 spiro atoms. The third kappa shape index (κ3) is 5.34. The van der Waals surface area contributed by atoms with Crippen LogP contribution < -0.4 is 5.32 Å². The van der Waals surface area contributed by atoms with Gasteiger partial charge in [-0.25, -0.2) is 8.78 Å². The second kappa shape index (κ2) is 8.44. The van der Waals surface area contributed by atoms with Crippen molar-refractivity contribution >= 4 is 11.6 Å². The maximum atomic E-state index is 13.5. The number of benzene rings is 1. The fourth-order valence-electron chi connectivity index (χ4n) is 2.20. The highest BCUT2D eigenvalue weighted by molar-refractivity contribution is 5.90. The van der Waals surface area contributed by atoms with Gasteiger partial charge in [-0.15, -0.1) is 0 Å². The molecule has 0 fully saturated rings. The molecule has 0 saturated heterocycles. The van der Waals surface area contributed by atoms with Gasteiger partial charge in [0.1, 0.15) is 11.6 Å². The Morgan fingerprint density at radius 2 is 2.12 bits per heavy atom. The van der Waals surface area contributed by atoms with E-state index in [2.05, 4.69) is 15.3 Å². The van der Waals surface area contributed by atoms with Crippen molar-refractivity contribution < 1.29 is 13.6 Å². The number of carbonyl (C=O) groups excluding carboxylic acids is 1. The maximum Gasteiger partial charge on any atom is 0.225 e. The number of rotatable bonds is 7. The summed E-state index contributed by atoms with van der Waals surface area (Å²) in [4.78, 5) is 22.2. The number of anilines is 1. The molecule has 1 amide bonds. The van der Waals surface area contributed by atoms with Crippen molar-refractivity contribution in [2.45, 2.75) is 25.8 Å². The minimum Gasteiger partial charge on any atom is -0.324 e. The zero-order valence-electron chi connectivity index (χ0n) is 13.7. The lowest BCUT2D eigenvalue weighted by atomic mass is 10.1. The maximum absolute atomic E-state index is 13.5. The smallest absolute Gasteiger partial charge is 0.225 e. The number of halogens is 2. The number of hydrogen-bond donors (Lipinski definition) is 1. The van der Waals surface area contributed by atoms with Crippen molar-refractivity contribution in [1.29, 1.82) is 0 Å². The number of hydrogen-bond acceptors (Lipinski definition) is 4. The van der Waals surface area contributed by atoms with Crippen LogP contribution >= 0.6 is 0 Å². The van der Waals surface area contributed by atoms with Gasteiger partial charge in [0.05, 0.1) is 11.4 Å². The monoisotopic (exact) mass is 334 g/mol. The molecular weight excluding hydrogens is 314 g/mol. The lowest BCUT2D eigenvalue weighted by molar-refractivity contribution is -0.116. The summed E-state index contributed by atoms with van der Waals surface area (Å²) in [5.41, 5.74) is 0.867. The van der Waals surface area contributed by atoms with Gasteiger partial charge < -0.3 is 10.2 Å². The number of amides is 1. The Hall–Kier alpha value is -2.41. The summed E-state index contributed by atoms with van der Waals surface area (Å²) in [6, 6.07) is 3.23. The Morgan fingerprint density at radius 3 is 2.79 bits per heavy atom. The number of nitrogens with one attached hydrogen (secondary N) is 1. The molecule has 1 N–H and O–H groups in total. The number of carbonyl (C=O) groups is 1. The van der Waals surface area contributed by atoms with Crippen LogP contribution in [0.4, 0.5) is 14.5 Å². The Labute approximate surface area is 139 Å². The molecule has 0 radical (unpaired) electrons. The highest BCUT2D eigenvalue weighted by Crippen LogP contribution is 2.15. The first-order chi connectivity index (χ1) is 11.5. The van der Waals surface area contributed by atoms with E-state index in [0.29, 0.717) is 6.54 Å². The molecule has 2 rings (SSSR count). The van der Waals surface area contributed by atoms with Crippen LogP contribution in [-0.4, -0.2) is 40.4 Å². The lowest BCUT2D eigenvalue weighted by Crippen LogP contribution is -2.33. The third-order valence-electron chi connectivity index (χ3n) is 3.77. The summed E-state index contributed by atoms with van der Waals surface area (Å²) >= 11 is 0. The summed E-state index contributed by atoms with van der Waals surface area (Å²) in [6.45, 7) is 2.54. The van der Waals surface area contributed by atoms with Gasteiger partial charge in [0.2, 0.25) is 5.91 Å². The van der Waals surface area contributed by atoms with Crippen molar-refractivity contribution in [2.75, 3.05) is 18.9 Å². The summed E-state index contributed by atoms with van der Waals surface area (Å²) in [5, 5.41) is 2.45. The van der Waals surface area contributed by atoms with Crippen LogP contribution in [0.1, 0.15) is 19.0 Å². The molecule has 1 aromatic heterocycles. The summed E-state index contributed by atoms with van der Waals surface area (Å²) < 4.78 is 26.3. The van der Waals surface area contributed by atoms with Crippen molar-refractivity contribution in [3.05, 3.63) is 54.1 Å². The highest BCUT2D eigenvalue weighted by Gasteiger charge is 2.13. The predicted molar refractivity (Wildman–Crippen MR) is 87.4 cm³/mol. The van der Waals surface area contributed by atoms with E-state index in [1.807, 2.05) is 18.9 Å². The Morgan fingerprint density at radius 1 is 1.33 bits per heavy atom. The van der Waals surface area contributed by atoms with E-state index in [-0.39, 0.29) is 24.1 Å². The van der Waals surface area contributed by atoms with Gasteiger partial charge in [-0.2, -0.15) is 0 Å². The Kier molecular flexibility index (Phi) is 6.31. The lowest BCUT2D eigenvalue weighted by Gasteiger charge is -2.24. The normalized spacial score (nSPS) is 12.2. The molecule has 0 saturated carbocycles. The molecule has 0 aliphatic carbocycles. The largest absolute Gasteiger partial charge is 0.324 e. The number of nitrogens with zero attached hydrogens (tertiary/aromatic N) is 3. The van der Waals surface area contributed by atoms with Crippen LogP contribution in [0.3, 0.4) is 0 Å². The van der Waals surface area contributed by atoms with Crippen LogP contribution in [0.15, 0.2) is 36.8 Å². The molecule has 0 bridgehead atoms. The first-order valence-electron chi connectivity index (χ1n) is 7.65. The third-order valence-corrected chi connectivity index (χ3v) is 3.77. The van der Waals surface area contributed by atoms with Crippen molar-refractivity contribution in [3.63, 3.8) is 0 Å². The Bertz CT molecular complexity index is 682. The van der Waals surface area contributed by atoms with E-state index >= 15 is 0 Å². The first kappa shape index (κ1) is 17.9. The van der Waals surface area contributed by atoms with Gasteiger partial charge in [0.15, 0.2) is 0 Å². The molecule has 1 heterocycles. The van der Waals surface area contributed by atoms with Crippen LogP contribution in [-0.2, 0) is 11.2 Å². The fourth-order valence-corrected chi connectivity index (χ4v) is 2.20. The minimum atomic E-state index is -0.785. The van der Waals surface area contributed by atoms with Crippen molar-refractivity contribution in [1.82, 2.24) is 14.9 Å². The summed E-state index contributed by atoms with van der Waals surface area (Å²) in [6.07, 6.45) is 5.91. The van der Waals surface area contributed by atoms with Gasteiger partial charge in [0, 0.05) is 50.1 Å². The van der Waals surface area contributed by atoms with E-state index in [0.717, 1.165) is 24.2 Å². The molecule has 7 heteroatoms. The predicted octanol–water partition coefficient (Wildman–Crippen LogP) is 2.65. The van der Waals surface area contributed by atoms with Crippen molar-refractivity contribution in [3.8, 4) is 0 Å². The van der Waals surface area contributed by atoms with E-state index in [9.17, 15) is 13.6 Å². The van der Waals surface area contributed by atoms with Crippen LogP contribution in [0.25, 0.3) is 0 Å². The van der Waals surface area contributed by atoms with Gasteiger partial charge in [0.25, 0.3) is 0 Å². The van der Waals surface area contributed by atoms with Crippen LogP contribution in [0.2, 0.25) is 0 Å². The first-order valence-corrected chi connectivity index (χ1v) is 7.65. The zero-order chi connectivity index (χ0) is 17.5. The average Bonchev–Trinajstić information content (AvgIpc) is 2.56. The van der Waals surface area contributed by atoms with E-state index in [1.165, 1.54) is 6.07 Å². The summed E-state index contributed by atoms with van der Waals surface area (Å²) in [5.74, 6) is -1.78. The SMILES string of the molecule is C[C@H](Cc1cnccn1)N(C)CCC(=O)Nc1ccc(F)cc1F. The van der Waals surface area contributed by atoms with Gasteiger partial charge in [-0.1, -0.05) is 0 Å². The van der Waals surface area contributed by atoms with E-state index in [1.54, 1.807) is 18.6 Å². The molecule has 128 valence electrons. The second-order valence-electron chi connectivity index (χ2n) is 5.65. The van der Waals surface area contributed by atoms with Gasteiger partial charge in [-0.3, -0.25) is 14.8 Å². The van der Waals surface area contributed by atoms with Crippen molar-refractivity contribution in [2.24, 2.45) is 0 Å². The fraction of sp³-hybridized carbons (Fsp3) is 0.353.